The molecule has 1 N–H and O–H groups in total. The van der Waals surface area contributed by atoms with Crippen molar-refractivity contribution in [1.82, 2.24) is 10.3 Å². The van der Waals surface area contributed by atoms with Crippen LogP contribution in [0.15, 0.2) is 11.1 Å². The summed E-state index contributed by atoms with van der Waals surface area (Å²) in [7, 11) is 3.05. The summed E-state index contributed by atoms with van der Waals surface area (Å²) in [5.74, 6) is 0.769. The first kappa shape index (κ1) is 11.4. The highest BCUT2D eigenvalue weighted by atomic mass is 33.5. The van der Waals surface area contributed by atoms with Crippen molar-refractivity contribution in [3.8, 4) is 5.88 Å². The molecule has 0 bridgehead atoms. The maximum atomic E-state index is 5.55. The van der Waals surface area contributed by atoms with Gasteiger partial charge in [-0.1, -0.05) is 11.7 Å². The van der Waals surface area contributed by atoms with Crippen molar-refractivity contribution < 1.29 is 4.74 Å². The standard InChI is InChI=1S/C9H12N2OS3/c1-6-7-4-10-2-3-12-9(7)11-5-8(6)14-15-13/h5,10,13H,2-4H2,1H3. The Morgan fingerprint density at radius 2 is 2.47 bits per heavy atom. The number of hydrogen-bond donors (Lipinski definition) is 2. The SMILES string of the molecule is Cc1c(SSS)cnc2c1CNCCO2. The highest BCUT2D eigenvalue weighted by Crippen LogP contribution is 2.38. The van der Waals surface area contributed by atoms with Crippen molar-refractivity contribution in [2.24, 2.45) is 0 Å². The second-order valence-electron chi connectivity index (χ2n) is 3.21. The van der Waals surface area contributed by atoms with E-state index < -0.39 is 0 Å². The van der Waals surface area contributed by atoms with Gasteiger partial charge in [-0.25, -0.2) is 4.98 Å². The summed E-state index contributed by atoms with van der Waals surface area (Å²) in [6.45, 7) is 4.50. The highest BCUT2D eigenvalue weighted by molar-refractivity contribution is 9.05. The minimum absolute atomic E-state index is 0.688. The van der Waals surface area contributed by atoms with Gasteiger partial charge in [0.2, 0.25) is 5.88 Å². The van der Waals surface area contributed by atoms with Gasteiger partial charge in [0.25, 0.3) is 0 Å². The topological polar surface area (TPSA) is 34.2 Å². The Balaban J connectivity index is 2.36. The van der Waals surface area contributed by atoms with Crippen LogP contribution >= 0.6 is 32.3 Å². The van der Waals surface area contributed by atoms with Crippen molar-refractivity contribution in [3.05, 3.63) is 17.3 Å². The van der Waals surface area contributed by atoms with Gasteiger partial charge in [0.1, 0.15) is 6.61 Å². The molecule has 1 aliphatic heterocycles. The van der Waals surface area contributed by atoms with Gasteiger partial charge in [-0.3, -0.25) is 0 Å². The van der Waals surface area contributed by atoms with Crippen molar-refractivity contribution in [2.45, 2.75) is 18.4 Å². The molecule has 0 atom stereocenters. The molecule has 2 heterocycles. The number of rotatable bonds is 2. The van der Waals surface area contributed by atoms with Crippen LogP contribution in [0.2, 0.25) is 0 Å². The molecule has 1 aromatic heterocycles. The highest BCUT2D eigenvalue weighted by Gasteiger charge is 2.15. The first-order valence-electron chi connectivity index (χ1n) is 4.63. The summed E-state index contributed by atoms with van der Waals surface area (Å²) in [5.41, 5.74) is 2.40. The number of ether oxygens (including phenoxy) is 1. The molecule has 82 valence electrons. The van der Waals surface area contributed by atoms with E-state index in [9.17, 15) is 0 Å². The van der Waals surface area contributed by atoms with Crippen LogP contribution in [-0.2, 0) is 6.54 Å². The van der Waals surface area contributed by atoms with E-state index in [2.05, 4.69) is 28.9 Å². The lowest BCUT2D eigenvalue weighted by Gasteiger charge is -2.11. The van der Waals surface area contributed by atoms with Crippen LogP contribution in [-0.4, -0.2) is 18.1 Å². The van der Waals surface area contributed by atoms with Gasteiger partial charge in [-0.05, 0) is 33.1 Å². The molecule has 0 aromatic carbocycles. The molecule has 0 saturated carbocycles. The maximum absolute atomic E-state index is 5.55. The van der Waals surface area contributed by atoms with Crippen molar-refractivity contribution in [1.29, 1.82) is 0 Å². The van der Waals surface area contributed by atoms with Crippen LogP contribution in [0, 0.1) is 6.92 Å². The summed E-state index contributed by atoms with van der Waals surface area (Å²) >= 11 is 4.13. The maximum Gasteiger partial charge on any atom is 0.218 e. The van der Waals surface area contributed by atoms with Crippen LogP contribution < -0.4 is 10.1 Å². The van der Waals surface area contributed by atoms with Crippen LogP contribution in [0.3, 0.4) is 0 Å². The largest absolute Gasteiger partial charge is 0.476 e. The van der Waals surface area contributed by atoms with Gasteiger partial charge in [-0.2, -0.15) is 0 Å². The molecule has 1 aromatic rings. The zero-order valence-electron chi connectivity index (χ0n) is 8.32. The van der Waals surface area contributed by atoms with Gasteiger partial charge < -0.3 is 10.1 Å². The zero-order valence-corrected chi connectivity index (χ0v) is 10.8. The van der Waals surface area contributed by atoms with Gasteiger partial charge in [0, 0.05) is 29.7 Å². The lowest BCUT2D eigenvalue weighted by Crippen LogP contribution is -2.16. The molecule has 1 aliphatic rings. The smallest absolute Gasteiger partial charge is 0.218 e. The molecule has 0 radical (unpaired) electrons. The number of fused-ring (bicyclic) bond motifs is 1. The fourth-order valence-corrected chi connectivity index (χ4v) is 3.38. The minimum atomic E-state index is 0.688. The molecular formula is C9H12N2OS3. The molecular weight excluding hydrogens is 248 g/mol. The summed E-state index contributed by atoms with van der Waals surface area (Å²) < 4.78 is 5.55. The second kappa shape index (κ2) is 5.34. The third-order valence-corrected chi connectivity index (χ3v) is 4.42. The lowest BCUT2D eigenvalue weighted by molar-refractivity contribution is 0.313. The van der Waals surface area contributed by atoms with Gasteiger partial charge in [-0.15, -0.1) is 0 Å². The Morgan fingerprint density at radius 1 is 1.60 bits per heavy atom. The number of hydrogen-bond acceptors (Lipinski definition) is 6. The third-order valence-electron chi connectivity index (χ3n) is 2.33. The Bertz CT molecular complexity index is 359. The van der Waals surface area contributed by atoms with E-state index in [1.165, 1.54) is 21.0 Å². The fourth-order valence-electron chi connectivity index (χ4n) is 1.49. The van der Waals surface area contributed by atoms with Crippen LogP contribution in [0.1, 0.15) is 11.1 Å². The predicted molar refractivity (Wildman–Crippen MR) is 68.6 cm³/mol. The molecule has 6 heteroatoms. The Morgan fingerprint density at radius 3 is 3.27 bits per heavy atom. The summed E-state index contributed by atoms with van der Waals surface area (Å²) in [6, 6.07) is 0. The molecule has 0 spiro atoms. The molecule has 0 aliphatic carbocycles. The van der Waals surface area contributed by atoms with E-state index in [1.54, 1.807) is 10.8 Å². The summed E-state index contributed by atoms with van der Waals surface area (Å²) in [4.78, 5) is 5.48. The van der Waals surface area contributed by atoms with Gasteiger partial charge in [0.15, 0.2) is 0 Å². The monoisotopic (exact) mass is 260 g/mol. The number of thiol groups is 1. The molecule has 0 amide bonds. The molecule has 0 unspecified atom stereocenters. The fraction of sp³-hybridized carbons (Fsp3) is 0.444. The lowest BCUT2D eigenvalue weighted by atomic mass is 10.1. The number of pyridine rings is 1. The van der Waals surface area contributed by atoms with Crippen molar-refractivity contribution in [3.63, 3.8) is 0 Å². The molecule has 0 fully saturated rings. The normalized spacial score (nSPS) is 15.3. The van der Waals surface area contributed by atoms with Gasteiger partial charge >= 0.3 is 0 Å². The average molecular weight is 260 g/mol. The van der Waals surface area contributed by atoms with E-state index in [1.807, 2.05) is 6.20 Å². The Kier molecular flexibility index (Phi) is 4.07. The van der Waals surface area contributed by atoms with E-state index in [-0.39, 0.29) is 0 Å². The predicted octanol–water partition coefficient (Wildman–Crippen LogP) is 2.46. The van der Waals surface area contributed by atoms with Crippen LogP contribution in [0.5, 0.6) is 5.88 Å². The quantitative estimate of drug-likeness (QED) is 0.631. The Labute approximate surface area is 102 Å². The first-order valence-corrected chi connectivity index (χ1v) is 7.83. The Hall–Kier alpha value is -0.0400. The van der Waals surface area contributed by atoms with Crippen molar-refractivity contribution in [2.75, 3.05) is 13.2 Å². The summed E-state index contributed by atoms with van der Waals surface area (Å²) in [6.07, 6.45) is 1.85. The molecule has 0 saturated heterocycles. The minimum Gasteiger partial charge on any atom is -0.476 e. The number of nitrogens with zero attached hydrogens (tertiary/aromatic N) is 1. The number of aromatic nitrogens is 1. The van der Waals surface area contributed by atoms with E-state index in [4.69, 9.17) is 4.74 Å². The second-order valence-corrected chi connectivity index (χ2v) is 6.26. The molecule has 3 nitrogen and oxygen atoms in total. The van der Waals surface area contributed by atoms with E-state index >= 15 is 0 Å². The van der Waals surface area contributed by atoms with E-state index in [0.717, 1.165) is 23.9 Å². The average Bonchev–Trinajstić information content (AvgIpc) is 2.48. The zero-order chi connectivity index (χ0) is 10.7. The first-order chi connectivity index (χ1) is 7.33. The van der Waals surface area contributed by atoms with Crippen LogP contribution in [0.4, 0.5) is 0 Å². The summed E-state index contributed by atoms with van der Waals surface area (Å²) in [5, 5.41) is 3.31. The van der Waals surface area contributed by atoms with Crippen LogP contribution in [0.25, 0.3) is 0 Å². The molecule has 2 rings (SSSR count). The number of nitrogens with one attached hydrogen (secondary N) is 1. The molecule has 15 heavy (non-hydrogen) atoms. The third kappa shape index (κ3) is 2.55. The van der Waals surface area contributed by atoms with Crippen molar-refractivity contribution >= 4 is 32.3 Å². The van der Waals surface area contributed by atoms with E-state index in [0.29, 0.717) is 6.61 Å². The van der Waals surface area contributed by atoms with Gasteiger partial charge in [0.05, 0.1) is 0 Å².